The molecule has 106 valence electrons. The highest BCUT2D eigenvalue weighted by Gasteiger charge is 2.22. The van der Waals surface area contributed by atoms with E-state index in [0.717, 1.165) is 29.5 Å². The highest BCUT2D eigenvalue weighted by Crippen LogP contribution is 2.28. The molecule has 0 aliphatic carbocycles. The third kappa shape index (κ3) is 2.92. The van der Waals surface area contributed by atoms with Crippen LogP contribution < -0.4 is 4.72 Å². The Morgan fingerprint density at radius 3 is 2.65 bits per heavy atom. The highest BCUT2D eigenvalue weighted by molar-refractivity contribution is 7.92. The van der Waals surface area contributed by atoms with Crippen molar-refractivity contribution < 1.29 is 22.7 Å². The molecular weight excluding hydrogens is 329 g/mol. The molecule has 0 aliphatic rings. The maximum Gasteiger partial charge on any atom is 0.348 e. The van der Waals surface area contributed by atoms with Crippen LogP contribution in [0.25, 0.3) is 0 Å². The second kappa shape index (κ2) is 5.39. The molecule has 1 aromatic carbocycles. The summed E-state index contributed by atoms with van der Waals surface area (Å²) < 4.78 is 39.2. The van der Waals surface area contributed by atoms with Gasteiger partial charge in [-0.15, -0.1) is 11.3 Å². The van der Waals surface area contributed by atoms with Crippen LogP contribution in [-0.2, 0) is 10.0 Å². The van der Waals surface area contributed by atoms with Gasteiger partial charge in [-0.2, -0.15) is 0 Å². The van der Waals surface area contributed by atoms with Gasteiger partial charge in [-0.25, -0.2) is 17.6 Å². The molecule has 0 spiro atoms. The van der Waals surface area contributed by atoms with E-state index in [0.29, 0.717) is 0 Å². The molecule has 20 heavy (non-hydrogen) atoms. The molecule has 0 amide bonds. The SMILES string of the molecule is O=C(O)c1sccc1NS(=O)(=O)c1ccc(F)cc1Cl. The lowest BCUT2D eigenvalue weighted by Gasteiger charge is -2.09. The topological polar surface area (TPSA) is 83.5 Å². The van der Waals surface area contributed by atoms with Crippen LogP contribution in [-0.4, -0.2) is 19.5 Å². The van der Waals surface area contributed by atoms with Crippen molar-refractivity contribution in [2.75, 3.05) is 4.72 Å². The van der Waals surface area contributed by atoms with Gasteiger partial charge in [0.15, 0.2) is 0 Å². The number of benzene rings is 1. The summed E-state index contributed by atoms with van der Waals surface area (Å²) in [5, 5.41) is 10.1. The lowest BCUT2D eigenvalue weighted by atomic mass is 10.3. The van der Waals surface area contributed by atoms with Gasteiger partial charge in [0, 0.05) is 0 Å². The molecule has 0 fully saturated rings. The first-order chi connectivity index (χ1) is 9.31. The smallest absolute Gasteiger partial charge is 0.348 e. The normalized spacial score (nSPS) is 11.3. The van der Waals surface area contributed by atoms with Crippen LogP contribution in [0.1, 0.15) is 9.67 Å². The molecule has 0 saturated heterocycles. The minimum Gasteiger partial charge on any atom is -0.477 e. The third-order valence-electron chi connectivity index (χ3n) is 2.29. The number of sulfonamides is 1. The Kier molecular flexibility index (Phi) is 3.98. The van der Waals surface area contributed by atoms with Crippen molar-refractivity contribution in [1.82, 2.24) is 0 Å². The summed E-state index contributed by atoms with van der Waals surface area (Å²) in [7, 11) is -4.09. The Bertz CT molecular complexity index is 772. The number of hydrogen-bond acceptors (Lipinski definition) is 4. The number of carboxylic acid groups (broad SMARTS) is 1. The summed E-state index contributed by atoms with van der Waals surface area (Å²) >= 11 is 6.56. The zero-order valence-electron chi connectivity index (χ0n) is 9.63. The summed E-state index contributed by atoms with van der Waals surface area (Å²) in [6, 6.07) is 4.14. The summed E-state index contributed by atoms with van der Waals surface area (Å²) in [6.45, 7) is 0. The lowest BCUT2D eigenvalue weighted by molar-refractivity contribution is 0.0703. The van der Waals surface area contributed by atoms with Crippen molar-refractivity contribution in [2.45, 2.75) is 4.90 Å². The maximum absolute atomic E-state index is 12.9. The number of carboxylic acids is 1. The molecular formula is C11H7ClFNO4S2. The fraction of sp³-hybridized carbons (Fsp3) is 0. The van der Waals surface area contributed by atoms with E-state index in [1.54, 1.807) is 0 Å². The maximum atomic E-state index is 12.9. The van der Waals surface area contributed by atoms with E-state index < -0.39 is 21.8 Å². The number of anilines is 1. The van der Waals surface area contributed by atoms with Crippen LogP contribution >= 0.6 is 22.9 Å². The molecule has 1 heterocycles. The van der Waals surface area contributed by atoms with Gasteiger partial charge in [-0.3, -0.25) is 4.72 Å². The molecule has 2 N–H and O–H groups in total. The number of halogens is 2. The van der Waals surface area contributed by atoms with Crippen LogP contribution in [0.5, 0.6) is 0 Å². The number of thiophene rings is 1. The van der Waals surface area contributed by atoms with Crippen LogP contribution in [0.3, 0.4) is 0 Å². The number of aromatic carboxylic acids is 1. The average Bonchev–Trinajstić information content (AvgIpc) is 2.75. The van der Waals surface area contributed by atoms with E-state index in [1.807, 2.05) is 0 Å². The van der Waals surface area contributed by atoms with E-state index in [4.69, 9.17) is 16.7 Å². The predicted octanol–water partition coefficient (Wildman–Crippen LogP) is 3.04. The molecule has 1 aromatic heterocycles. The first-order valence-corrected chi connectivity index (χ1v) is 7.84. The number of hydrogen-bond donors (Lipinski definition) is 2. The van der Waals surface area contributed by atoms with Crippen molar-refractivity contribution in [3.8, 4) is 0 Å². The fourth-order valence-electron chi connectivity index (χ4n) is 1.45. The molecule has 0 aliphatic heterocycles. The number of carbonyl (C=O) groups is 1. The predicted molar refractivity (Wildman–Crippen MR) is 73.5 cm³/mol. The minimum atomic E-state index is -4.09. The second-order valence-corrected chi connectivity index (χ2v) is 6.62. The second-order valence-electron chi connectivity index (χ2n) is 3.65. The molecule has 9 heteroatoms. The van der Waals surface area contributed by atoms with Crippen molar-refractivity contribution in [3.63, 3.8) is 0 Å². The number of rotatable bonds is 4. The molecule has 2 rings (SSSR count). The van der Waals surface area contributed by atoms with Gasteiger partial charge >= 0.3 is 5.97 Å². The molecule has 0 saturated carbocycles. The molecule has 0 bridgehead atoms. The van der Waals surface area contributed by atoms with Crippen LogP contribution in [0.4, 0.5) is 10.1 Å². The van der Waals surface area contributed by atoms with Gasteiger partial charge in [0.1, 0.15) is 15.6 Å². The first kappa shape index (κ1) is 14.8. The summed E-state index contributed by atoms with van der Waals surface area (Å²) in [5.41, 5.74) is -0.0668. The number of nitrogens with one attached hydrogen (secondary N) is 1. The van der Waals surface area contributed by atoms with E-state index in [-0.39, 0.29) is 20.5 Å². The summed E-state index contributed by atoms with van der Waals surface area (Å²) in [6.07, 6.45) is 0. The highest BCUT2D eigenvalue weighted by atomic mass is 35.5. The molecule has 0 atom stereocenters. The van der Waals surface area contributed by atoms with Gasteiger partial charge in [-0.1, -0.05) is 11.6 Å². The average molecular weight is 336 g/mol. The largest absolute Gasteiger partial charge is 0.477 e. The summed E-state index contributed by atoms with van der Waals surface area (Å²) in [4.78, 5) is 10.4. The van der Waals surface area contributed by atoms with Crippen LogP contribution in [0.2, 0.25) is 5.02 Å². The molecule has 5 nitrogen and oxygen atoms in total. The van der Waals surface area contributed by atoms with Gasteiger partial charge < -0.3 is 5.11 Å². The van der Waals surface area contributed by atoms with Crippen molar-refractivity contribution in [3.05, 3.63) is 45.4 Å². The lowest BCUT2D eigenvalue weighted by Crippen LogP contribution is -2.15. The molecule has 0 radical (unpaired) electrons. The zero-order chi connectivity index (χ0) is 14.9. The Labute approximate surface area is 122 Å². The van der Waals surface area contributed by atoms with Gasteiger partial charge in [0.05, 0.1) is 10.7 Å². The van der Waals surface area contributed by atoms with Crippen molar-refractivity contribution in [2.24, 2.45) is 0 Å². The Balaban J connectivity index is 2.41. The van der Waals surface area contributed by atoms with E-state index in [2.05, 4.69) is 4.72 Å². The first-order valence-electron chi connectivity index (χ1n) is 5.10. The van der Waals surface area contributed by atoms with Crippen LogP contribution in [0.15, 0.2) is 34.5 Å². The van der Waals surface area contributed by atoms with Crippen molar-refractivity contribution in [1.29, 1.82) is 0 Å². The monoisotopic (exact) mass is 335 g/mol. The van der Waals surface area contributed by atoms with Crippen molar-refractivity contribution >= 4 is 44.6 Å². The Hall–Kier alpha value is -1.64. The zero-order valence-corrected chi connectivity index (χ0v) is 12.0. The van der Waals surface area contributed by atoms with E-state index in [1.165, 1.54) is 11.4 Å². The fourth-order valence-corrected chi connectivity index (χ4v) is 3.80. The van der Waals surface area contributed by atoms with E-state index >= 15 is 0 Å². The van der Waals surface area contributed by atoms with E-state index in [9.17, 15) is 17.6 Å². The third-order valence-corrected chi connectivity index (χ3v) is 5.04. The standard InChI is InChI=1S/C11H7ClFNO4S2/c12-7-5-6(13)1-2-9(7)20(17,18)14-8-3-4-19-10(8)11(15)16/h1-5,14H,(H,15,16). The summed E-state index contributed by atoms with van der Waals surface area (Å²) in [5.74, 6) is -1.92. The quantitative estimate of drug-likeness (QED) is 0.899. The Morgan fingerprint density at radius 1 is 1.35 bits per heavy atom. The minimum absolute atomic E-state index is 0.0668. The van der Waals surface area contributed by atoms with Gasteiger partial charge in [-0.05, 0) is 29.6 Å². The molecule has 0 unspecified atom stereocenters. The van der Waals surface area contributed by atoms with Gasteiger partial charge in [0.25, 0.3) is 10.0 Å². The van der Waals surface area contributed by atoms with Gasteiger partial charge in [0.2, 0.25) is 0 Å². The molecule has 2 aromatic rings. The van der Waals surface area contributed by atoms with Crippen LogP contribution in [0, 0.1) is 5.82 Å². The Morgan fingerprint density at radius 2 is 2.05 bits per heavy atom.